The Morgan fingerprint density at radius 1 is 1.09 bits per heavy atom. The van der Waals surface area contributed by atoms with Crippen LogP contribution in [0.4, 0.5) is 0 Å². The Labute approximate surface area is 189 Å². The van der Waals surface area contributed by atoms with Crippen LogP contribution in [0.5, 0.6) is 0 Å². The Morgan fingerprint density at radius 3 is 2.44 bits per heavy atom. The van der Waals surface area contributed by atoms with Crippen molar-refractivity contribution in [3.05, 3.63) is 57.9 Å². The molecule has 0 saturated heterocycles. The number of hydrogen-bond donors (Lipinski definition) is 1. The molecule has 0 bridgehead atoms. The van der Waals surface area contributed by atoms with E-state index in [2.05, 4.69) is 5.32 Å². The third-order valence-corrected chi connectivity index (χ3v) is 7.04. The number of carbonyl (C=O) groups is 3. The first-order valence-electron chi connectivity index (χ1n) is 11.4. The highest BCUT2D eigenvalue weighted by Gasteiger charge is 2.47. The molecule has 2 aliphatic carbocycles. The predicted molar refractivity (Wildman–Crippen MR) is 119 cm³/mol. The Kier molecular flexibility index (Phi) is 6.22. The zero-order valence-electron chi connectivity index (χ0n) is 19.2. The number of aryl methyl sites for hydroxylation is 1. The van der Waals surface area contributed by atoms with E-state index in [4.69, 9.17) is 9.47 Å². The first-order chi connectivity index (χ1) is 15.3. The number of Topliss-reactive ketones (excluding diaryl/α,β-unsaturated/α-hetero) is 1. The van der Waals surface area contributed by atoms with Gasteiger partial charge < -0.3 is 14.8 Å². The van der Waals surface area contributed by atoms with Crippen LogP contribution in [-0.2, 0) is 23.9 Å². The summed E-state index contributed by atoms with van der Waals surface area (Å²) in [7, 11) is 1.30. The molecule has 3 aliphatic rings. The molecule has 170 valence electrons. The maximum absolute atomic E-state index is 13.7. The lowest BCUT2D eigenvalue weighted by molar-refractivity contribution is -0.151. The van der Waals surface area contributed by atoms with Crippen LogP contribution in [-0.4, -0.2) is 30.9 Å². The van der Waals surface area contributed by atoms with Gasteiger partial charge in [-0.15, -0.1) is 0 Å². The van der Waals surface area contributed by atoms with Gasteiger partial charge in [-0.1, -0.05) is 31.2 Å². The number of methoxy groups -OCH3 is 1. The van der Waals surface area contributed by atoms with E-state index >= 15 is 0 Å². The summed E-state index contributed by atoms with van der Waals surface area (Å²) in [6.45, 7) is 5.72. The van der Waals surface area contributed by atoms with E-state index in [0.717, 1.165) is 42.5 Å². The standard InChI is InChI=1S/C26H31NO5/c1-14-9-5-8-12-18(14)22-21(26(30)32-17-10-6-7-11-17)16(3)27-19-13-15(2)20(25(29)31-4)24(28)23(19)22/h5,8-9,12,15,17,20,22,27H,6-7,10-11,13H2,1-4H3/t15-,20+,22-/m1/s1. The highest BCUT2D eigenvalue weighted by molar-refractivity contribution is 6.12. The SMILES string of the molecule is COC(=O)[C@@H]1C(=O)C2=C(C[C@H]1C)NC(C)=C(C(=O)OC1CCCC1)[C@H]2c1ccccc1C. The third kappa shape index (κ3) is 3.87. The maximum Gasteiger partial charge on any atom is 0.337 e. The summed E-state index contributed by atoms with van der Waals surface area (Å²) in [6.07, 6.45) is 4.31. The second kappa shape index (κ2) is 8.93. The van der Waals surface area contributed by atoms with Gasteiger partial charge in [-0.25, -0.2) is 4.79 Å². The first kappa shape index (κ1) is 22.3. The van der Waals surface area contributed by atoms with Crippen molar-refractivity contribution in [3.63, 3.8) is 0 Å². The van der Waals surface area contributed by atoms with Gasteiger partial charge in [0.25, 0.3) is 0 Å². The summed E-state index contributed by atoms with van der Waals surface area (Å²) in [5.74, 6) is -2.84. The summed E-state index contributed by atoms with van der Waals surface area (Å²) in [6, 6.07) is 7.77. The van der Waals surface area contributed by atoms with E-state index < -0.39 is 17.8 Å². The highest BCUT2D eigenvalue weighted by atomic mass is 16.5. The zero-order valence-corrected chi connectivity index (χ0v) is 19.2. The summed E-state index contributed by atoms with van der Waals surface area (Å²) in [4.78, 5) is 39.6. The summed E-state index contributed by atoms with van der Waals surface area (Å²) in [5.41, 5.74) is 4.28. The van der Waals surface area contributed by atoms with Crippen LogP contribution >= 0.6 is 0 Å². The molecule has 0 aromatic heterocycles. The Hall–Kier alpha value is -2.89. The molecule has 6 heteroatoms. The molecule has 1 aliphatic heterocycles. The van der Waals surface area contributed by atoms with Crippen molar-refractivity contribution in [3.8, 4) is 0 Å². The van der Waals surface area contributed by atoms with Crippen molar-refractivity contribution < 1.29 is 23.9 Å². The summed E-state index contributed by atoms with van der Waals surface area (Å²) in [5, 5.41) is 3.32. The van der Waals surface area contributed by atoms with Crippen LogP contribution in [0, 0.1) is 18.8 Å². The number of hydrogen-bond acceptors (Lipinski definition) is 6. The average Bonchev–Trinajstić information content (AvgIpc) is 3.25. The fraction of sp³-hybridized carbons (Fsp3) is 0.500. The molecule has 6 nitrogen and oxygen atoms in total. The fourth-order valence-electron chi connectivity index (χ4n) is 5.39. The van der Waals surface area contributed by atoms with Crippen LogP contribution in [0.2, 0.25) is 0 Å². The highest BCUT2D eigenvalue weighted by Crippen LogP contribution is 2.46. The Morgan fingerprint density at radius 2 is 1.78 bits per heavy atom. The minimum atomic E-state index is -0.877. The number of nitrogens with one attached hydrogen (secondary N) is 1. The smallest absolute Gasteiger partial charge is 0.337 e. The molecule has 3 atom stereocenters. The number of benzene rings is 1. The monoisotopic (exact) mass is 437 g/mol. The molecule has 1 saturated carbocycles. The summed E-state index contributed by atoms with van der Waals surface area (Å²) < 4.78 is 10.8. The van der Waals surface area contributed by atoms with Gasteiger partial charge in [0.2, 0.25) is 0 Å². The van der Waals surface area contributed by atoms with Crippen molar-refractivity contribution >= 4 is 17.7 Å². The van der Waals surface area contributed by atoms with Crippen LogP contribution in [0.15, 0.2) is 46.8 Å². The molecule has 1 aromatic carbocycles. The van der Waals surface area contributed by atoms with Gasteiger partial charge >= 0.3 is 11.9 Å². The molecule has 1 heterocycles. The quantitative estimate of drug-likeness (QED) is 0.564. The van der Waals surface area contributed by atoms with Gasteiger partial charge in [0.05, 0.1) is 12.7 Å². The normalized spacial score (nSPS) is 26.0. The van der Waals surface area contributed by atoms with Gasteiger partial charge in [0, 0.05) is 22.9 Å². The molecular weight excluding hydrogens is 406 g/mol. The van der Waals surface area contributed by atoms with Crippen LogP contribution in [0.3, 0.4) is 0 Å². The van der Waals surface area contributed by atoms with E-state index in [0.29, 0.717) is 23.3 Å². The van der Waals surface area contributed by atoms with Gasteiger partial charge in [-0.05, 0) is 63.0 Å². The number of rotatable bonds is 4. The van der Waals surface area contributed by atoms with Crippen LogP contribution in [0.1, 0.15) is 63.0 Å². The molecule has 4 rings (SSSR count). The van der Waals surface area contributed by atoms with E-state index in [1.807, 2.05) is 45.0 Å². The predicted octanol–water partition coefficient (Wildman–Crippen LogP) is 4.09. The Balaban J connectivity index is 1.82. The van der Waals surface area contributed by atoms with Crippen molar-refractivity contribution in [1.82, 2.24) is 5.32 Å². The molecule has 0 spiro atoms. The molecule has 1 aromatic rings. The number of esters is 2. The van der Waals surface area contributed by atoms with Gasteiger partial charge in [-0.2, -0.15) is 0 Å². The van der Waals surface area contributed by atoms with E-state index in [-0.39, 0.29) is 23.8 Å². The molecule has 32 heavy (non-hydrogen) atoms. The Bertz CT molecular complexity index is 1010. The van der Waals surface area contributed by atoms with E-state index in [1.54, 1.807) is 0 Å². The average molecular weight is 438 g/mol. The third-order valence-electron chi connectivity index (χ3n) is 7.04. The van der Waals surface area contributed by atoms with E-state index in [9.17, 15) is 14.4 Å². The van der Waals surface area contributed by atoms with Crippen molar-refractivity contribution in [2.24, 2.45) is 11.8 Å². The molecule has 1 N–H and O–H groups in total. The van der Waals surface area contributed by atoms with Crippen LogP contribution < -0.4 is 5.32 Å². The first-order valence-corrected chi connectivity index (χ1v) is 11.4. The van der Waals surface area contributed by atoms with Crippen molar-refractivity contribution in [2.75, 3.05) is 7.11 Å². The van der Waals surface area contributed by atoms with Gasteiger partial charge in [0.1, 0.15) is 12.0 Å². The zero-order chi connectivity index (χ0) is 23.0. The molecular formula is C26H31NO5. The van der Waals surface area contributed by atoms with Crippen molar-refractivity contribution in [1.29, 1.82) is 0 Å². The second-order valence-electron chi connectivity index (χ2n) is 9.20. The van der Waals surface area contributed by atoms with Gasteiger partial charge in [0.15, 0.2) is 5.78 Å². The lowest BCUT2D eigenvalue weighted by atomic mass is 9.68. The maximum atomic E-state index is 13.7. The number of dihydropyridines is 1. The number of carbonyl (C=O) groups excluding carboxylic acids is 3. The lowest BCUT2D eigenvalue weighted by Gasteiger charge is -2.38. The largest absolute Gasteiger partial charge is 0.468 e. The number of allylic oxidation sites excluding steroid dienone is 3. The number of ether oxygens (including phenoxy) is 2. The molecule has 0 amide bonds. The minimum Gasteiger partial charge on any atom is -0.468 e. The second-order valence-corrected chi connectivity index (χ2v) is 9.20. The molecule has 0 radical (unpaired) electrons. The molecule has 1 fully saturated rings. The topological polar surface area (TPSA) is 81.7 Å². The fourth-order valence-corrected chi connectivity index (χ4v) is 5.39. The molecule has 0 unspecified atom stereocenters. The van der Waals surface area contributed by atoms with Crippen LogP contribution in [0.25, 0.3) is 0 Å². The van der Waals surface area contributed by atoms with Gasteiger partial charge in [-0.3, -0.25) is 9.59 Å². The lowest BCUT2D eigenvalue weighted by Crippen LogP contribution is -2.43. The minimum absolute atomic E-state index is 0.0828. The number of ketones is 1. The van der Waals surface area contributed by atoms with E-state index in [1.165, 1.54) is 7.11 Å². The van der Waals surface area contributed by atoms with Crippen molar-refractivity contribution in [2.45, 2.75) is 64.9 Å². The summed E-state index contributed by atoms with van der Waals surface area (Å²) >= 11 is 0.